The van der Waals surface area contributed by atoms with Crippen LogP contribution in [0.1, 0.15) is 57.2 Å². The number of pyridine rings is 2. The molecule has 3 heterocycles. The number of aryl methyl sites for hydroxylation is 1. The topological polar surface area (TPSA) is 38.9 Å². The number of benzene rings is 4. The number of rotatable bonds is 6. The third kappa shape index (κ3) is 9.02. The second kappa shape index (κ2) is 15.6. The van der Waals surface area contributed by atoms with Crippen LogP contribution in [0.5, 0.6) is 0 Å². The molecule has 0 atom stereocenters. The van der Waals surface area contributed by atoms with Gasteiger partial charge in [-0.05, 0) is 70.6 Å². The zero-order valence-corrected chi connectivity index (χ0v) is 34.7. The van der Waals surface area contributed by atoms with E-state index >= 15 is 0 Å². The Balaban J connectivity index is 0.000000218. The molecule has 0 saturated carbocycles. The van der Waals surface area contributed by atoms with Gasteiger partial charge in [0.25, 0.3) is 0 Å². The van der Waals surface area contributed by atoms with E-state index in [9.17, 15) is 0 Å². The first-order chi connectivity index (χ1) is 23.8. The summed E-state index contributed by atoms with van der Waals surface area (Å²) in [5.74, 6) is 0.534. The standard InChI is InChI=1S/C29H26NO.C17H22NSi.Ir/c1-19-14-23(21-8-6-5-7-9-21)28-25(15-19)24-17-22(10-11-27(24)31-28)26-16-20(12-13-30-26)18-29(2,3)4;1-13(2)15-11-16(14-9-7-6-8-10-14)18-12-17(15)19(3,4)5;/h5-9,11-17H,18H2,1-4H3;6-9,11-13H,1-5H3;/q2*-1;. The number of furan rings is 1. The first-order valence-corrected chi connectivity index (χ1v) is 21.1. The maximum atomic E-state index is 6.32. The van der Waals surface area contributed by atoms with Crippen LogP contribution in [0, 0.1) is 24.5 Å². The normalized spacial score (nSPS) is 11.7. The van der Waals surface area contributed by atoms with Gasteiger partial charge < -0.3 is 14.4 Å². The Morgan fingerprint density at radius 3 is 2.18 bits per heavy atom. The summed E-state index contributed by atoms with van der Waals surface area (Å²) in [6.07, 6.45) is 5.01. The molecule has 51 heavy (non-hydrogen) atoms. The molecule has 0 fully saturated rings. The molecule has 0 amide bonds. The molecule has 0 spiro atoms. The van der Waals surface area contributed by atoms with Crippen molar-refractivity contribution in [2.45, 2.75) is 73.5 Å². The molecule has 263 valence electrons. The van der Waals surface area contributed by atoms with Gasteiger partial charge in [0, 0.05) is 43.4 Å². The van der Waals surface area contributed by atoms with Crippen LogP contribution < -0.4 is 5.19 Å². The van der Waals surface area contributed by atoms with E-state index in [1.54, 1.807) is 0 Å². The maximum Gasteiger partial charge on any atom is 0.128 e. The zero-order valence-electron chi connectivity index (χ0n) is 31.3. The van der Waals surface area contributed by atoms with Crippen LogP contribution in [0.2, 0.25) is 19.6 Å². The van der Waals surface area contributed by atoms with Crippen LogP contribution in [0.3, 0.4) is 0 Å². The van der Waals surface area contributed by atoms with Gasteiger partial charge in [0.05, 0.1) is 13.7 Å². The molecule has 4 aromatic carbocycles. The van der Waals surface area contributed by atoms with E-state index in [0.717, 1.165) is 62.0 Å². The Labute approximate surface area is 319 Å². The van der Waals surface area contributed by atoms with Crippen molar-refractivity contribution in [2.24, 2.45) is 5.41 Å². The summed E-state index contributed by atoms with van der Waals surface area (Å²) in [5, 5.41) is 3.71. The molecule has 0 saturated heterocycles. The Hall–Kier alpha value is -4.15. The van der Waals surface area contributed by atoms with Gasteiger partial charge in [-0.1, -0.05) is 113 Å². The molecule has 0 N–H and O–H groups in total. The molecular formula is C46H48IrN2OSi-2. The van der Waals surface area contributed by atoms with Crippen molar-refractivity contribution < 1.29 is 24.5 Å². The summed E-state index contributed by atoms with van der Waals surface area (Å²) >= 11 is 0. The fourth-order valence-electron chi connectivity index (χ4n) is 6.57. The molecule has 0 unspecified atom stereocenters. The van der Waals surface area contributed by atoms with Crippen molar-refractivity contribution in [3.8, 4) is 33.6 Å². The average Bonchev–Trinajstić information content (AvgIpc) is 3.45. The Morgan fingerprint density at radius 1 is 0.784 bits per heavy atom. The van der Waals surface area contributed by atoms with E-state index < -0.39 is 8.07 Å². The van der Waals surface area contributed by atoms with Crippen LogP contribution in [0.25, 0.3) is 55.6 Å². The molecule has 0 bridgehead atoms. The van der Waals surface area contributed by atoms with Gasteiger partial charge in [0.15, 0.2) is 0 Å². The van der Waals surface area contributed by atoms with E-state index in [4.69, 9.17) is 4.42 Å². The number of fused-ring (bicyclic) bond motifs is 3. The van der Waals surface area contributed by atoms with Gasteiger partial charge in [0.2, 0.25) is 0 Å². The SMILES string of the molecule is CC(C)c1cc(-c2[c-]cccc2)ncc1[Si](C)(C)C.Cc1cc(-c2ccccc2)c2oc3c[c-]c(-c4cc(CC(C)(C)C)ccn4)cc3c2c1.[Ir]. The maximum absolute atomic E-state index is 6.32. The summed E-state index contributed by atoms with van der Waals surface area (Å²) in [6, 6.07) is 40.2. The summed E-state index contributed by atoms with van der Waals surface area (Å²) in [6.45, 7) is 20.6. The zero-order chi connectivity index (χ0) is 35.6. The molecule has 7 rings (SSSR count). The third-order valence-electron chi connectivity index (χ3n) is 8.92. The van der Waals surface area contributed by atoms with Gasteiger partial charge >= 0.3 is 0 Å². The van der Waals surface area contributed by atoms with Crippen LogP contribution >= 0.6 is 0 Å². The number of aromatic nitrogens is 2. The van der Waals surface area contributed by atoms with Gasteiger partial charge in [0.1, 0.15) is 5.58 Å². The third-order valence-corrected chi connectivity index (χ3v) is 11.0. The van der Waals surface area contributed by atoms with E-state index in [2.05, 4.69) is 156 Å². The minimum absolute atomic E-state index is 0. The quantitative estimate of drug-likeness (QED) is 0.123. The number of hydrogen-bond donors (Lipinski definition) is 0. The van der Waals surface area contributed by atoms with Gasteiger partial charge in [-0.2, -0.15) is 0 Å². The summed E-state index contributed by atoms with van der Waals surface area (Å²) in [4.78, 5) is 9.29. The van der Waals surface area contributed by atoms with Crippen LogP contribution in [0.4, 0.5) is 0 Å². The number of nitrogens with zero attached hydrogens (tertiary/aromatic N) is 2. The molecule has 0 aliphatic heterocycles. The van der Waals surface area contributed by atoms with Crippen molar-refractivity contribution in [3.05, 3.63) is 138 Å². The molecular weight excluding hydrogens is 817 g/mol. The van der Waals surface area contributed by atoms with Gasteiger partial charge in [-0.3, -0.25) is 0 Å². The number of hydrogen-bond acceptors (Lipinski definition) is 3. The Bertz CT molecular complexity index is 2240. The van der Waals surface area contributed by atoms with Crippen LogP contribution in [-0.4, -0.2) is 18.0 Å². The van der Waals surface area contributed by atoms with E-state index in [1.165, 1.54) is 21.9 Å². The fraction of sp³-hybridized carbons (Fsp3) is 0.261. The summed E-state index contributed by atoms with van der Waals surface area (Å²) < 4.78 is 6.32. The first kappa shape index (κ1) is 38.1. The first-order valence-electron chi connectivity index (χ1n) is 17.6. The van der Waals surface area contributed by atoms with Crippen molar-refractivity contribution in [1.82, 2.24) is 9.97 Å². The Morgan fingerprint density at radius 2 is 1.51 bits per heavy atom. The van der Waals surface area contributed by atoms with Crippen molar-refractivity contribution in [1.29, 1.82) is 0 Å². The summed E-state index contributed by atoms with van der Waals surface area (Å²) in [7, 11) is -1.34. The van der Waals surface area contributed by atoms with Crippen LogP contribution in [-0.2, 0) is 26.5 Å². The largest absolute Gasteiger partial charge is 0.500 e. The minimum Gasteiger partial charge on any atom is -0.500 e. The molecule has 7 aromatic rings. The van der Waals surface area contributed by atoms with Crippen molar-refractivity contribution >= 4 is 35.2 Å². The fourth-order valence-corrected chi connectivity index (χ4v) is 8.24. The predicted octanol–water partition coefficient (Wildman–Crippen LogP) is 12.2. The Kier molecular flexibility index (Phi) is 11.7. The van der Waals surface area contributed by atoms with Gasteiger partial charge in [-0.25, -0.2) is 0 Å². The molecule has 0 aliphatic rings. The summed E-state index contributed by atoms with van der Waals surface area (Å²) in [5.41, 5.74) is 12.3. The van der Waals surface area contributed by atoms with Crippen molar-refractivity contribution in [3.63, 3.8) is 0 Å². The van der Waals surface area contributed by atoms with Gasteiger partial charge in [-0.15, -0.1) is 59.7 Å². The van der Waals surface area contributed by atoms with E-state index in [-0.39, 0.29) is 25.5 Å². The molecule has 1 radical (unpaired) electrons. The van der Waals surface area contributed by atoms with Crippen molar-refractivity contribution in [2.75, 3.05) is 0 Å². The second-order valence-electron chi connectivity index (χ2n) is 15.9. The molecule has 5 heteroatoms. The predicted molar refractivity (Wildman–Crippen MR) is 215 cm³/mol. The van der Waals surface area contributed by atoms with E-state index in [1.807, 2.05) is 36.5 Å². The van der Waals surface area contributed by atoms with E-state index in [0.29, 0.717) is 5.92 Å². The molecule has 0 aliphatic carbocycles. The monoisotopic (exact) mass is 865 g/mol. The average molecular weight is 865 g/mol. The molecule has 3 nitrogen and oxygen atoms in total. The van der Waals surface area contributed by atoms with Crippen LogP contribution in [0.15, 0.2) is 114 Å². The molecule has 3 aromatic heterocycles. The smallest absolute Gasteiger partial charge is 0.128 e. The minimum atomic E-state index is -1.34. The second-order valence-corrected chi connectivity index (χ2v) is 20.9.